The van der Waals surface area contributed by atoms with Crippen LogP contribution in [0.4, 0.5) is 11.4 Å². The molecule has 164 valence electrons. The highest BCUT2D eigenvalue weighted by atomic mass is 35.5. The van der Waals surface area contributed by atoms with Gasteiger partial charge in [0.1, 0.15) is 0 Å². The number of hydrogen-bond donors (Lipinski definition) is 1. The minimum Gasteiger partial charge on any atom is -0.387 e. The number of halogens is 3. The van der Waals surface area contributed by atoms with Crippen molar-refractivity contribution in [2.45, 2.75) is 12.1 Å². The number of anilines is 1. The van der Waals surface area contributed by atoms with Crippen molar-refractivity contribution in [1.29, 1.82) is 0 Å². The molecule has 4 nitrogen and oxygen atoms in total. The van der Waals surface area contributed by atoms with Crippen molar-refractivity contribution in [3.8, 4) is 0 Å². The molecule has 1 saturated heterocycles. The first kappa shape index (κ1) is 22.9. The molecule has 32 heavy (non-hydrogen) atoms. The maximum atomic E-state index is 10.8. The first-order valence-electron chi connectivity index (χ1n) is 10.3. The van der Waals surface area contributed by atoms with Gasteiger partial charge in [-0.25, -0.2) is 4.85 Å². The molecular formula is C25H22Cl3N3O. The second-order valence-corrected chi connectivity index (χ2v) is 9.12. The van der Waals surface area contributed by atoms with Gasteiger partial charge in [0.2, 0.25) is 0 Å². The molecular weight excluding hydrogens is 465 g/mol. The zero-order valence-corrected chi connectivity index (χ0v) is 19.5. The molecule has 0 unspecified atom stereocenters. The predicted octanol–water partition coefficient (Wildman–Crippen LogP) is 6.79. The number of rotatable bonds is 5. The van der Waals surface area contributed by atoms with Crippen molar-refractivity contribution in [2.24, 2.45) is 0 Å². The van der Waals surface area contributed by atoms with E-state index in [9.17, 15) is 5.11 Å². The summed E-state index contributed by atoms with van der Waals surface area (Å²) in [7, 11) is 0. The van der Waals surface area contributed by atoms with Gasteiger partial charge in [-0.15, -0.1) is 0 Å². The van der Waals surface area contributed by atoms with Crippen LogP contribution in [0.25, 0.3) is 4.85 Å². The van der Waals surface area contributed by atoms with E-state index in [-0.39, 0.29) is 6.04 Å². The van der Waals surface area contributed by atoms with E-state index in [1.807, 2.05) is 48.5 Å². The maximum absolute atomic E-state index is 10.8. The van der Waals surface area contributed by atoms with Gasteiger partial charge in [-0.2, -0.15) is 0 Å². The van der Waals surface area contributed by atoms with Crippen LogP contribution >= 0.6 is 34.8 Å². The average Bonchev–Trinajstić information content (AvgIpc) is 2.80. The topological polar surface area (TPSA) is 31.1 Å². The molecule has 1 aliphatic rings. The fraction of sp³-hybridized carbons (Fsp3) is 0.240. The van der Waals surface area contributed by atoms with E-state index in [4.69, 9.17) is 41.4 Å². The number of nitrogens with zero attached hydrogens (tertiary/aromatic N) is 3. The third-order valence-electron chi connectivity index (χ3n) is 5.78. The van der Waals surface area contributed by atoms with Gasteiger partial charge < -0.3 is 10.0 Å². The lowest BCUT2D eigenvalue weighted by molar-refractivity contribution is 0.100. The molecule has 1 fully saturated rings. The van der Waals surface area contributed by atoms with Crippen LogP contribution in [-0.2, 0) is 0 Å². The summed E-state index contributed by atoms with van der Waals surface area (Å²) in [6.45, 7) is 9.83. The van der Waals surface area contributed by atoms with Crippen LogP contribution < -0.4 is 4.90 Å². The molecule has 4 rings (SSSR count). The number of benzene rings is 3. The minimum absolute atomic E-state index is 0.0383. The summed E-state index contributed by atoms with van der Waals surface area (Å²) in [4.78, 5) is 7.95. The number of aliphatic hydroxyl groups is 1. The van der Waals surface area contributed by atoms with Crippen LogP contribution in [0.1, 0.15) is 23.3 Å². The summed E-state index contributed by atoms with van der Waals surface area (Å²) in [5.41, 5.74) is 3.44. The van der Waals surface area contributed by atoms with Crippen LogP contribution in [0.2, 0.25) is 15.1 Å². The third kappa shape index (κ3) is 5.20. The first-order valence-corrected chi connectivity index (χ1v) is 11.4. The second kappa shape index (κ2) is 10.1. The lowest BCUT2D eigenvalue weighted by atomic mass is 10.00. The lowest BCUT2D eigenvalue weighted by Crippen LogP contribution is -2.49. The molecule has 0 aliphatic carbocycles. The number of β-amino-alcohol motifs (C(OH)–C–C–N with tert-alkyl or cyclic N) is 1. The van der Waals surface area contributed by atoms with E-state index in [0.29, 0.717) is 27.3 Å². The van der Waals surface area contributed by atoms with E-state index < -0.39 is 6.10 Å². The van der Waals surface area contributed by atoms with Crippen molar-refractivity contribution >= 4 is 46.2 Å². The number of hydrogen-bond acceptors (Lipinski definition) is 3. The zero-order chi connectivity index (χ0) is 22.7. The van der Waals surface area contributed by atoms with E-state index in [1.165, 1.54) is 0 Å². The van der Waals surface area contributed by atoms with Gasteiger partial charge in [0.05, 0.1) is 29.4 Å². The normalized spacial score (nSPS) is 17.7. The zero-order valence-electron chi connectivity index (χ0n) is 17.3. The van der Waals surface area contributed by atoms with E-state index >= 15 is 0 Å². The number of aliphatic hydroxyl groups excluding tert-OH is 1. The largest absolute Gasteiger partial charge is 0.387 e. The Balaban J connectivity index is 1.56. The summed E-state index contributed by atoms with van der Waals surface area (Å²) in [6.07, 6.45) is -0.633. The quantitative estimate of drug-likeness (QED) is 0.403. The molecule has 1 N–H and O–H groups in total. The Hall–Kier alpha value is -2.26. The Bertz CT molecular complexity index is 1110. The van der Waals surface area contributed by atoms with Gasteiger partial charge in [-0.05, 0) is 41.5 Å². The molecule has 0 amide bonds. The monoisotopic (exact) mass is 485 g/mol. The fourth-order valence-corrected chi connectivity index (χ4v) is 4.74. The molecule has 0 radical (unpaired) electrons. The highest BCUT2D eigenvalue weighted by Crippen LogP contribution is 2.37. The van der Waals surface area contributed by atoms with Crippen LogP contribution in [0.15, 0.2) is 66.7 Å². The van der Waals surface area contributed by atoms with Crippen LogP contribution in [0.3, 0.4) is 0 Å². The standard InChI is InChI=1S/C25H22Cl3N3O/c1-29-21-9-4-18(5-10-21)25(32)16-30-12-13-31(23-11-8-20(27)14-22(23)28)24(15-30)17-2-6-19(26)7-3-17/h2-11,14,24-25,32H,12-13,15-16H2/t24-,25-/m0/s1. The van der Waals surface area contributed by atoms with Crippen molar-refractivity contribution in [1.82, 2.24) is 4.90 Å². The van der Waals surface area contributed by atoms with Crippen LogP contribution in [0, 0.1) is 6.57 Å². The molecule has 7 heteroatoms. The fourth-order valence-electron chi connectivity index (χ4n) is 4.10. The molecule has 2 atom stereocenters. The van der Waals surface area contributed by atoms with Gasteiger partial charge in [-0.1, -0.05) is 71.2 Å². The van der Waals surface area contributed by atoms with Crippen molar-refractivity contribution < 1.29 is 5.11 Å². The summed E-state index contributed by atoms with van der Waals surface area (Å²) < 4.78 is 0. The van der Waals surface area contributed by atoms with Gasteiger partial charge in [0.15, 0.2) is 5.69 Å². The highest BCUT2D eigenvalue weighted by Gasteiger charge is 2.30. The van der Waals surface area contributed by atoms with Gasteiger partial charge in [0, 0.05) is 36.2 Å². The predicted molar refractivity (Wildman–Crippen MR) is 132 cm³/mol. The Labute approximate surface area is 203 Å². The molecule has 0 aromatic heterocycles. The average molecular weight is 487 g/mol. The lowest BCUT2D eigenvalue weighted by Gasteiger charge is -2.44. The minimum atomic E-state index is -0.633. The molecule has 1 aliphatic heterocycles. The molecule has 3 aromatic carbocycles. The highest BCUT2D eigenvalue weighted by molar-refractivity contribution is 6.36. The van der Waals surface area contributed by atoms with E-state index in [1.54, 1.807) is 18.2 Å². The Morgan fingerprint density at radius 3 is 2.28 bits per heavy atom. The Morgan fingerprint density at radius 2 is 1.62 bits per heavy atom. The smallest absolute Gasteiger partial charge is 0.187 e. The molecule has 0 bridgehead atoms. The summed E-state index contributed by atoms with van der Waals surface area (Å²) in [5, 5.41) is 12.7. The molecule has 0 spiro atoms. The van der Waals surface area contributed by atoms with Crippen LogP contribution in [0.5, 0.6) is 0 Å². The second-order valence-electron chi connectivity index (χ2n) is 7.84. The van der Waals surface area contributed by atoms with E-state index in [0.717, 1.165) is 36.4 Å². The molecule has 1 heterocycles. The van der Waals surface area contributed by atoms with Gasteiger partial charge in [-0.3, -0.25) is 4.90 Å². The van der Waals surface area contributed by atoms with Crippen molar-refractivity contribution in [3.05, 3.63) is 104 Å². The van der Waals surface area contributed by atoms with E-state index in [2.05, 4.69) is 14.6 Å². The van der Waals surface area contributed by atoms with Crippen molar-refractivity contribution in [3.63, 3.8) is 0 Å². The number of piperazine rings is 1. The maximum Gasteiger partial charge on any atom is 0.187 e. The summed E-state index contributed by atoms with van der Waals surface area (Å²) in [5.74, 6) is 0. The third-order valence-corrected chi connectivity index (χ3v) is 6.57. The van der Waals surface area contributed by atoms with Gasteiger partial charge >= 0.3 is 0 Å². The first-order chi connectivity index (χ1) is 15.4. The van der Waals surface area contributed by atoms with Crippen molar-refractivity contribution in [2.75, 3.05) is 31.1 Å². The summed E-state index contributed by atoms with van der Waals surface area (Å²) >= 11 is 18.8. The summed E-state index contributed by atoms with van der Waals surface area (Å²) in [6, 6.07) is 20.6. The SMILES string of the molecule is [C-]#[N+]c1ccc([C@@H](O)CN2CCN(c3ccc(Cl)cc3Cl)[C@H](c3ccc(Cl)cc3)C2)cc1. The van der Waals surface area contributed by atoms with Gasteiger partial charge in [0.25, 0.3) is 0 Å². The Kier molecular flexibility index (Phi) is 7.25. The van der Waals surface area contributed by atoms with Crippen LogP contribution in [-0.4, -0.2) is 36.2 Å². The Morgan fingerprint density at radius 1 is 0.938 bits per heavy atom. The molecule has 3 aromatic rings. The molecule has 0 saturated carbocycles.